The number of sulfone groups is 1. The summed E-state index contributed by atoms with van der Waals surface area (Å²) in [6.07, 6.45) is 0.112. The third kappa shape index (κ3) is 0.896. The predicted molar refractivity (Wildman–Crippen MR) is 32.6 cm³/mol. The van der Waals surface area contributed by atoms with Gasteiger partial charge in [0.2, 0.25) is 0 Å². The van der Waals surface area contributed by atoms with Crippen LogP contribution in [0.15, 0.2) is 11.5 Å². The molecule has 0 aromatic heterocycles. The second-order valence-corrected chi connectivity index (χ2v) is 4.05. The van der Waals surface area contributed by atoms with Crippen LogP contribution in [0.25, 0.3) is 0 Å². The topological polar surface area (TPSA) is 51.2 Å². The maximum absolute atomic E-state index is 10.7. The summed E-state index contributed by atoms with van der Waals surface area (Å²) in [6.45, 7) is 3.15. The summed E-state index contributed by atoms with van der Waals surface area (Å²) < 4.78 is 21.3. The van der Waals surface area contributed by atoms with Gasteiger partial charge >= 0.3 is 0 Å². The van der Waals surface area contributed by atoms with Crippen LogP contribution in [-0.2, 0) is 14.6 Å². The molecular formula is C5H6O3S. The van der Waals surface area contributed by atoms with Crippen molar-refractivity contribution in [3.63, 3.8) is 0 Å². The van der Waals surface area contributed by atoms with Crippen LogP contribution in [0, 0.1) is 0 Å². The summed E-state index contributed by atoms with van der Waals surface area (Å²) in [5.41, 5.74) is 0. The van der Waals surface area contributed by atoms with Crippen molar-refractivity contribution in [2.75, 3.05) is 5.75 Å². The molecule has 1 rings (SSSR count). The quantitative estimate of drug-likeness (QED) is 0.448. The number of carbonyl (C=O) groups is 1. The fourth-order valence-corrected chi connectivity index (χ4v) is 1.81. The van der Waals surface area contributed by atoms with Crippen molar-refractivity contribution in [1.82, 2.24) is 0 Å². The molecule has 9 heavy (non-hydrogen) atoms. The second-order valence-electron chi connectivity index (χ2n) is 1.92. The first kappa shape index (κ1) is 6.48. The zero-order valence-electron chi connectivity index (χ0n) is 4.75. The Hall–Kier alpha value is -0.640. The van der Waals surface area contributed by atoms with Crippen molar-refractivity contribution in [3.05, 3.63) is 11.5 Å². The Morgan fingerprint density at radius 1 is 1.44 bits per heavy atom. The van der Waals surface area contributed by atoms with Crippen LogP contribution in [0.3, 0.4) is 0 Å². The zero-order valence-corrected chi connectivity index (χ0v) is 5.57. The molecule has 0 aliphatic carbocycles. The summed E-state index contributed by atoms with van der Waals surface area (Å²) in [5, 5.41) is 0. The van der Waals surface area contributed by atoms with Gasteiger partial charge in [-0.1, -0.05) is 6.58 Å². The van der Waals surface area contributed by atoms with E-state index in [9.17, 15) is 13.2 Å². The van der Waals surface area contributed by atoms with E-state index >= 15 is 0 Å². The van der Waals surface area contributed by atoms with Gasteiger partial charge < -0.3 is 0 Å². The maximum atomic E-state index is 10.7. The van der Waals surface area contributed by atoms with Gasteiger partial charge in [-0.15, -0.1) is 0 Å². The summed E-state index contributed by atoms with van der Waals surface area (Å²) >= 11 is 0. The van der Waals surface area contributed by atoms with Crippen LogP contribution in [0.2, 0.25) is 0 Å². The molecule has 0 aromatic carbocycles. The Morgan fingerprint density at radius 2 is 2.00 bits per heavy atom. The molecule has 0 unspecified atom stereocenters. The number of rotatable bonds is 0. The molecule has 0 saturated carbocycles. The van der Waals surface area contributed by atoms with E-state index < -0.39 is 9.84 Å². The molecule has 4 heteroatoms. The maximum Gasteiger partial charge on any atom is 0.181 e. The summed E-state index contributed by atoms with van der Waals surface area (Å²) in [5.74, 6) is -0.389. The van der Waals surface area contributed by atoms with Crippen molar-refractivity contribution in [2.24, 2.45) is 0 Å². The first-order valence-electron chi connectivity index (χ1n) is 2.49. The lowest BCUT2D eigenvalue weighted by molar-refractivity contribution is -0.114. The molecule has 50 valence electrons. The SMILES string of the molecule is C=C1C(=O)CCS1(=O)=O. The summed E-state index contributed by atoms with van der Waals surface area (Å²) in [7, 11) is -3.22. The minimum Gasteiger partial charge on any atom is -0.293 e. The van der Waals surface area contributed by atoms with E-state index in [1.807, 2.05) is 0 Å². The highest BCUT2D eigenvalue weighted by molar-refractivity contribution is 7.96. The Balaban J connectivity index is 3.16. The fraction of sp³-hybridized carbons (Fsp3) is 0.400. The average molecular weight is 146 g/mol. The van der Waals surface area contributed by atoms with Crippen LogP contribution in [-0.4, -0.2) is 20.0 Å². The highest BCUT2D eigenvalue weighted by Gasteiger charge is 2.30. The fourth-order valence-electron chi connectivity index (χ4n) is 0.663. The van der Waals surface area contributed by atoms with E-state index in [4.69, 9.17) is 0 Å². The third-order valence-electron chi connectivity index (χ3n) is 1.28. The van der Waals surface area contributed by atoms with Crippen LogP contribution in [0.1, 0.15) is 6.42 Å². The highest BCUT2D eigenvalue weighted by atomic mass is 32.2. The van der Waals surface area contributed by atoms with E-state index in [1.165, 1.54) is 0 Å². The Labute approximate surface area is 53.3 Å². The first-order valence-corrected chi connectivity index (χ1v) is 4.14. The third-order valence-corrected chi connectivity index (χ3v) is 3.00. The standard InChI is InChI=1S/C5H6O3S/c1-4-5(6)2-3-9(4,7)8/h1-3H2. The van der Waals surface area contributed by atoms with Gasteiger partial charge in [0.15, 0.2) is 15.6 Å². The van der Waals surface area contributed by atoms with Crippen molar-refractivity contribution in [2.45, 2.75) is 6.42 Å². The molecule has 0 amide bonds. The van der Waals surface area contributed by atoms with Gasteiger partial charge in [-0.3, -0.25) is 4.79 Å². The molecule has 0 radical (unpaired) electrons. The molecule has 3 nitrogen and oxygen atoms in total. The van der Waals surface area contributed by atoms with Gasteiger partial charge in [-0.05, 0) is 0 Å². The number of Topliss-reactive ketones (excluding diaryl/α,β-unsaturated/α-hetero) is 1. The average Bonchev–Trinajstić information content (AvgIpc) is 1.97. The number of hydrogen-bond donors (Lipinski definition) is 0. The minimum absolute atomic E-state index is 0.0509. The molecule has 1 saturated heterocycles. The number of carbonyl (C=O) groups excluding carboxylic acids is 1. The number of allylic oxidation sites excluding steroid dienone is 1. The normalized spacial score (nSPS) is 24.9. The van der Waals surface area contributed by atoms with Gasteiger partial charge in [-0.25, -0.2) is 8.42 Å². The van der Waals surface area contributed by atoms with Crippen LogP contribution in [0.4, 0.5) is 0 Å². The molecule has 1 heterocycles. The second kappa shape index (κ2) is 1.67. The molecule has 0 spiro atoms. The van der Waals surface area contributed by atoms with Gasteiger partial charge in [0.1, 0.15) is 4.91 Å². The lowest BCUT2D eigenvalue weighted by atomic mass is 10.3. The monoisotopic (exact) mass is 146 g/mol. The summed E-state index contributed by atoms with van der Waals surface area (Å²) in [6, 6.07) is 0. The molecule has 1 aliphatic rings. The van der Waals surface area contributed by atoms with E-state index in [1.54, 1.807) is 0 Å². The molecule has 0 bridgehead atoms. The van der Waals surface area contributed by atoms with Gasteiger partial charge in [0.05, 0.1) is 5.75 Å². The molecule has 0 atom stereocenters. The largest absolute Gasteiger partial charge is 0.293 e. The molecule has 0 N–H and O–H groups in total. The lowest BCUT2D eigenvalue weighted by Crippen LogP contribution is -1.99. The van der Waals surface area contributed by atoms with Crippen LogP contribution in [0.5, 0.6) is 0 Å². The van der Waals surface area contributed by atoms with Gasteiger partial charge in [-0.2, -0.15) is 0 Å². The zero-order chi connectivity index (χ0) is 7.07. The van der Waals surface area contributed by atoms with Crippen LogP contribution >= 0.6 is 0 Å². The van der Waals surface area contributed by atoms with Gasteiger partial charge in [0.25, 0.3) is 0 Å². The Kier molecular flexibility index (Phi) is 1.20. The Morgan fingerprint density at radius 3 is 2.11 bits per heavy atom. The Bertz CT molecular complexity index is 260. The molecule has 0 aromatic rings. The number of ketones is 1. The minimum atomic E-state index is -3.22. The molecule has 1 aliphatic heterocycles. The van der Waals surface area contributed by atoms with Crippen LogP contribution < -0.4 is 0 Å². The van der Waals surface area contributed by atoms with Crippen molar-refractivity contribution in [3.8, 4) is 0 Å². The lowest BCUT2D eigenvalue weighted by Gasteiger charge is -1.86. The van der Waals surface area contributed by atoms with E-state index in [0.717, 1.165) is 0 Å². The smallest absolute Gasteiger partial charge is 0.181 e. The van der Waals surface area contributed by atoms with Crippen molar-refractivity contribution < 1.29 is 13.2 Å². The highest BCUT2D eigenvalue weighted by Crippen LogP contribution is 2.17. The molecule has 1 fully saturated rings. The van der Waals surface area contributed by atoms with Crippen molar-refractivity contribution >= 4 is 15.6 Å². The van der Waals surface area contributed by atoms with Gasteiger partial charge in [0, 0.05) is 6.42 Å². The molecular weight excluding hydrogens is 140 g/mol. The van der Waals surface area contributed by atoms with Crippen molar-refractivity contribution in [1.29, 1.82) is 0 Å². The first-order chi connectivity index (χ1) is 4.04. The number of hydrogen-bond acceptors (Lipinski definition) is 3. The van der Waals surface area contributed by atoms with E-state index in [0.29, 0.717) is 0 Å². The van der Waals surface area contributed by atoms with E-state index in [2.05, 4.69) is 6.58 Å². The van der Waals surface area contributed by atoms with E-state index in [-0.39, 0.29) is 22.9 Å². The predicted octanol–water partition coefficient (Wildman–Crippen LogP) is -0.112. The summed E-state index contributed by atoms with van der Waals surface area (Å²) in [4.78, 5) is 10.3.